The fourth-order valence-corrected chi connectivity index (χ4v) is 2.80. The van der Waals surface area contributed by atoms with Crippen molar-refractivity contribution in [2.45, 2.75) is 12.8 Å². The van der Waals surface area contributed by atoms with Crippen LogP contribution in [0.25, 0.3) is 0 Å². The van der Waals surface area contributed by atoms with Crippen LogP contribution >= 0.6 is 23.6 Å². The smallest absolute Gasteiger partial charge is 0.254 e. The van der Waals surface area contributed by atoms with E-state index < -0.39 is 0 Å². The molecule has 5 heteroatoms. The number of rotatable bonds is 2. The van der Waals surface area contributed by atoms with Crippen molar-refractivity contribution in [3.63, 3.8) is 0 Å². The van der Waals surface area contributed by atoms with Crippen LogP contribution in [0.15, 0.2) is 16.8 Å². The lowest BCUT2D eigenvalue weighted by atomic mass is 9.96. The second kappa shape index (κ2) is 4.93. The lowest BCUT2D eigenvalue weighted by molar-refractivity contribution is 0.0711. The first kappa shape index (κ1) is 11.5. The minimum atomic E-state index is 0.127. The van der Waals surface area contributed by atoms with Crippen molar-refractivity contribution in [2.75, 3.05) is 13.1 Å². The number of hydrogen-bond acceptors (Lipinski definition) is 3. The number of amides is 1. The van der Waals surface area contributed by atoms with E-state index in [-0.39, 0.29) is 5.91 Å². The second-order valence-electron chi connectivity index (χ2n) is 3.98. The van der Waals surface area contributed by atoms with Crippen LogP contribution in [0.5, 0.6) is 0 Å². The molecular formula is C11H14N2OS2. The van der Waals surface area contributed by atoms with Crippen molar-refractivity contribution in [3.05, 3.63) is 22.4 Å². The Labute approximate surface area is 104 Å². The standard InChI is InChI=1S/C11H14N2OS2/c12-10(15)8-1-4-13(5-2-8)11(14)9-3-6-16-7-9/h3,6-8H,1-2,4-5H2,(H2,12,15). The van der Waals surface area contributed by atoms with Crippen LogP contribution in [0.2, 0.25) is 0 Å². The molecule has 0 aromatic carbocycles. The van der Waals surface area contributed by atoms with Gasteiger partial charge in [-0.25, -0.2) is 0 Å². The quantitative estimate of drug-likeness (QED) is 0.820. The fourth-order valence-electron chi connectivity index (χ4n) is 1.94. The van der Waals surface area contributed by atoms with E-state index in [0.29, 0.717) is 10.9 Å². The van der Waals surface area contributed by atoms with Crippen LogP contribution in [0, 0.1) is 5.92 Å². The van der Waals surface area contributed by atoms with Gasteiger partial charge in [0.1, 0.15) is 0 Å². The Morgan fingerprint density at radius 2 is 2.19 bits per heavy atom. The Bertz CT molecular complexity index is 381. The summed E-state index contributed by atoms with van der Waals surface area (Å²) in [4.78, 5) is 14.5. The summed E-state index contributed by atoms with van der Waals surface area (Å²) in [5.74, 6) is 0.434. The van der Waals surface area contributed by atoms with Crippen molar-refractivity contribution in [1.29, 1.82) is 0 Å². The predicted molar refractivity (Wildman–Crippen MR) is 69.7 cm³/mol. The van der Waals surface area contributed by atoms with Gasteiger partial charge in [-0.3, -0.25) is 4.79 Å². The Kier molecular flexibility index (Phi) is 3.56. The van der Waals surface area contributed by atoms with E-state index in [1.54, 1.807) is 11.3 Å². The lowest BCUT2D eigenvalue weighted by Gasteiger charge is -2.31. The van der Waals surface area contributed by atoms with E-state index in [4.69, 9.17) is 18.0 Å². The largest absolute Gasteiger partial charge is 0.393 e. The third-order valence-corrected chi connectivity index (χ3v) is 3.97. The minimum Gasteiger partial charge on any atom is -0.393 e. The highest BCUT2D eigenvalue weighted by Gasteiger charge is 2.24. The molecule has 1 aliphatic rings. The Morgan fingerprint density at radius 3 is 2.69 bits per heavy atom. The summed E-state index contributed by atoms with van der Waals surface area (Å²) in [5, 5.41) is 3.82. The van der Waals surface area contributed by atoms with Gasteiger partial charge in [0, 0.05) is 24.4 Å². The van der Waals surface area contributed by atoms with E-state index in [1.165, 1.54) is 0 Å². The third kappa shape index (κ3) is 2.41. The van der Waals surface area contributed by atoms with Crippen LogP contribution in [-0.2, 0) is 0 Å². The summed E-state index contributed by atoms with van der Waals surface area (Å²) >= 11 is 6.52. The van der Waals surface area contributed by atoms with Crippen molar-refractivity contribution in [2.24, 2.45) is 11.7 Å². The summed E-state index contributed by atoms with van der Waals surface area (Å²) < 4.78 is 0. The van der Waals surface area contributed by atoms with Crippen molar-refractivity contribution in [1.82, 2.24) is 4.90 Å². The van der Waals surface area contributed by atoms with Crippen LogP contribution in [0.4, 0.5) is 0 Å². The summed E-state index contributed by atoms with van der Waals surface area (Å²) in [5.41, 5.74) is 6.40. The average molecular weight is 254 g/mol. The molecule has 0 unspecified atom stereocenters. The monoisotopic (exact) mass is 254 g/mol. The molecule has 86 valence electrons. The number of thiophene rings is 1. The molecule has 2 rings (SSSR count). The zero-order valence-corrected chi connectivity index (χ0v) is 10.5. The Balaban J connectivity index is 1.94. The van der Waals surface area contributed by atoms with E-state index in [2.05, 4.69) is 0 Å². The number of hydrogen-bond donors (Lipinski definition) is 1. The Hall–Kier alpha value is -0.940. The topological polar surface area (TPSA) is 46.3 Å². The molecule has 3 nitrogen and oxygen atoms in total. The van der Waals surface area contributed by atoms with Crippen molar-refractivity contribution >= 4 is 34.5 Å². The highest BCUT2D eigenvalue weighted by Crippen LogP contribution is 2.19. The molecule has 0 atom stereocenters. The predicted octanol–water partition coefficient (Wildman–Crippen LogP) is 1.89. The molecule has 0 radical (unpaired) electrons. The van der Waals surface area contributed by atoms with Gasteiger partial charge in [0.15, 0.2) is 0 Å². The van der Waals surface area contributed by atoms with Crippen LogP contribution in [0.1, 0.15) is 23.2 Å². The summed E-state index contributed by atoms with van der Waals surface area (Å²) in [6, 6.07) is 1.87. The van der Waals surface area contributed by atoms with Crippen LogP contribution in [-0.4, -0.2) is 28.9 Å². The van der Waals surface area contributed by atoms with Gasteiger partial charge in [0.25, 0.3) is 5.91 Å². The molecule has 0 aliphatic carbocycles. The first-order valence-electron chi connectivity index (χ1n) is 5.29. The van der Waals surface area contributed by atoms with Crippen molar-refractivity contribution < 1.29 is 4.79 Å². The number of nitrogens with zero attached hydrogens (tertiary/aromatic N) is 1. The number of carbonyl (C=O) groups is 1. The number of thiocarbonyl (C=S) groups is 1. The molecule has 0 bridgehead atoms. The maximum Gasteiger partial charge on any atom is 0.254 e. The van der Waals surface area contributed by atoms with Gasteiger partial charge < -0.3 is 10.6 Å². The van der Waals surface area contributed by atoms with Gasteiger partial charge in [-0.1, -0.05) is 12.2 Å². The van der Waals surface area contributed by atoms with Crippen LogP contribution < -0.4 is 5.73 Å². The van der Waals surface area contributed by atoms with E-state index >= 15 is 0 Å². The molecule has 1 aromatic heterocycles. The molecular weight excluding hydrogens is 240 g/mol. The van der Waals surface area contributed by atoms with Crippen molar-refractivity contribution in [3.8, 4) is 0 Å². The average Bonchev–Trinajstić information content (AvgIpc) is 2.81. The summed E-state index contributed by atoms with van der Waals surface area (Å²) in [6.45, 7) is 1.52. The number of carbonyl (C=O) groups excluding carboxylic acids is 1. The molecule has 16 heavy (non-hydrogen) atoms. The zero-order chi connectivity index (χ0) is 11.5. The third-order valence-electron chi connectivity index (χ3n) is 2.95. The molecule has 1 aliphatic heterocycles. The van der Waals surface area contributed by atoms with Gasteiger partial charge in [0.2, 0.25) is 0 Å². The maximum absolute atomic E-state index is 12.0. The van der Waals surface area contributed by atoms with Gasteiger partial charge in [-0.15, -0.1) is 0 Å². The molecule has 2 N–H and O–H groups in total. The molecule has 0 saturated carbocycles. The Morgan fingerprint density at radius 1 is 1.50 bits per heavy atom. The first-order chi connectivity index (χ1) is 7.68. The number of piperidine rings is 1. The molecule has 1 fully saturated rings. The molecule has 1 aromatic rings. The maximum atomic E-state index is 12.0. The zero-order valence-electron chi connectivity index (χ0n) is 8.89. The van der Waals surface area contributed by atoms with E-state index in [0.717, 1.165) is 31.5 Å². The SMILES string of the molecule is NC(=S)C1CCN(C(=O)c2ccsc2)CC1. The molecule has 1 amide bonds. The van der Waals surface area contributed by atoms with Gasteiger partial charge >= 0.3 is 0 Å². The van der Waals surface area contributed by atoms with E-state index in [9.17, 15) is 4.79 Å². The second-order valence-corrected chi connectivity index (χ2v) is 5.23. The summed E-state index contributed by atoms with van der Waals surface area (Å²) in [7, 11) is 0. The normalized spacial score (nSPS) is 17.4. The molecule has 2 heterocycles. The minimum absolute atomic E-state index is 0.127. The highest BCUT2D eigenvalue weighted by molar-refractivity contribution is 7.80. The van der Waals surface area contributed by atoms with Gasteiger partial charge in [-0.05, 0) is 24.3 Å². The van der Waals surface area contributed by atoms with Gasteiger partial charge in [-0.2, -0.15) is 11.3 Å². The number of likely N-dealkylation sites (tertiary alicyclic amines) is 1. The van der Waals surface area contributed by atoms with Crippen LogP contribution in [0.3, 0.4) is 0 Å². The highest BCUT2D eigenvalue weighted by atomic mass is 32.1. The number of nitrogens with two attached hydrogens (primary N) is 1. The first-order valence-corrected chi connectivity index (χ1v) is 6.64. The molecule has 0 spiro atoms. The van der Waals surface area contributed by atoms with E-state index in [1.807, 2.05) is 21.7 Å². The molecule has 1 saturated heterocycles. The lowest BCUT2D eigenvalue weighted by Crippen LogP contribution is -2.41. The summed E-state index contributed by atoms with van der Waals surface area (Å²) in [6.07, 6.45) is 1.79. The van der Waals surface area contributed by atoms with Gasteiger partial charge in [0.05, 0.1) is 10.6 Å². The fraction of sp³-hybridized carbons (Fsp3) is 0.455.